The van der Waals surface area contributed by atoms with Gasteiger partial charge in [0.25, 0.3) is 0 Å². The fourth-order valence-electron chi connectivity index (χ4n) is 5.04. The van der Waals surface area contributed by atoms with Gasteiger partial charge in [-0.2, -0.15) is 0 Å². The molecule has 0 unspecified atom stereocenters. The van der Waals surface area contributed by atoms with Crippen LogP contribution in [0.1, 0.15) is 33.1 Å². The zero-order valence-electron chi connectivity index (χ0n) is 19.2. The topological polar surface area (TPSA) is 73.8 Å². The fourth-order valence-corrected chi connectivity index (χ4v) is 7.63. The lowest BCUT2D eigenvalue weighted by molar-refractivity contribution is -0.125. The first-order valence-corrected chi connectivity index (χ1v) is 14.5. The third-order valence-electron chi connectivity index (χ3n) is 7.50. The lowest BCUT2D eigenvalue weighted by Crippen LogP contribution is -2.55. The van der Waals surface area contributed by atoms with Crippen LogP contribution in [0.2, 0.25) is 24.7 Å². The number of nitrogens with one attached hydrogen (secondary N) is 2. The maximum atomic E-state index is 14.0. The van der Waals surface area contributed by atoms with Gasteiger partial charge in [-0.15, -0.1) is 0 Å². The Bertz CT molecular complexity index is 1050. The number of anilines is 1. The van der Waals surface area contributed by atoms with E-state index in [1.54, 1.807) is 4.90 Å². The van der Waals surface area contributed by atoms with Crippen molar-refractivity contribution in [2.45, 2.75) is 63.3 Å². The van der Waals surface area contributed by atoms with Gasteiger partial charge in [0.2, 0.25) is 5.91 Å². The Labute approximate surface area is 188 Å². The van der Waals surface area contributed by atoms with Crippen LogP contribution in [-0.4, -0.2) is 49.4 Å². The largest absolute Gasteiger partial charge is 0.322 e. The Morgan fingerprint density at radius 3 is 2.41 bits per heavy atom. The van der Waals surface area contributed by atoms with E-state index in [2.05, 4.69) is 35.3 Å². The minimum atomic E-state index is -1.73. The molecule has 0 spiro atoms. The van der Waals surface area contributed by atoms with Crippen LogP contribution in [0.15, 0.2) is 34.3 Å². The third kappa shape index (κ3) is 3.46. The van der Waals surface area contributed by atoms with Crippen molar-refractivity contribution in [1.82, 2.24) is 10.2 Å². The Hall–Kier alpha value is -2.55. The summed E-state index contributed by atoms with van der Waals surface area (Å²) in [5.41, 5.74) is 0.912. The third-order valence-corrected chi connectivity index (χ3v) is 11.1. The molecule has 6 nitrogen and oxygen atoms in total. The number of carbonyl (C=O) groups is 2. The average Bonchev–Trinajstić information content (AvgIpc) is 3.14. The fraction of sp³-hybridized carbons (Fsp3) is 0.522. The maximum Gasteiger partial charge on any atom is 0.322 e. The van der Waals surface area contributed by atoms with Gasteiger partial charge in [-0.3, -0.25) is 9.79 Å². The summed E-state index contributed by atoms with van der Waals surface area (Å²) >= 11 is 0. The molecule has 0 aromatic heterocycles. The summed E-state index contributed by atoms with van der Waals surface area (Å²) < 4.78 is 27.5. The number of aliphatic imine (C=N–C) groups is 1. The van der Waals surface area contributed by atoms with Crippen LogP contribution >= 0.6 is 0 Å². The highest BCUT2D eigenvalue weighted by Crippen LogP contribution is 2.55. The first-order chi connectivity index (χ1) is 14.9. The number of nitrogens with zero attached hydrogens (tertiary/aromatic N) is 2. The van der Waals surface area contributed by atoms with Gasteiger partial charge < -0.3 is 15.5 Å². The zero-order valence-corrected chi connectivity index (χ0v) is 20.2. The highest BCUT2D eigenvalue weighted by Gasteiger charge is 2.54. The van der Waals surface area contributed by atoms with Gasteiger partial charge in [-0.05, 0) is 44.4 Å². The molecule has 3 aliphatic rings. The summed E-state index contributed by atoms with van der Waals surface area (Å²) in [6.45, 7) is 11.1. The number of carbonyl (C=O) groups excluding carboxylic acids is 2. The van der Waals surface area contributed by atoms with Gasteiger partial charge in [0, 0.05) is 16.7 Å². The molecule has 9 heteroatoms. The molecule has 0 bridgehead atoms. The van der Waals surface area contributed by atoms with Crippen molar-refractivity contribution in [3.05, 3.63) is 41.0 Å². The molecule has 172 valence electrons. The summed E-state index contributed by atoms with van der Waals surface area (Å²) in [7, 11) is -1.73. The van der Waals surface area contributed by atoms with E-state index in [1.165, 1.54) is 0 Å². The summed E-state index contributed by atoms with van der Waals surface area (Å²) in [5, 5.41) is 5.28. The Morgan fingerprint density at radius 2 is 1.81 bits per heavy atom. The van der Waals surface area contributed by atoms with E-state index in [1.807, 2.05) is 13.8 Å². The average molecular weight is 461 g/mol. The highest BCUT2D eigenvalue weighted by molar-refractivity contribution is 6.82. The molecule has 1 fully saturated rings. The summed E-state index contributed by atoms with van der Waals surface area (Å²) in [4.78, 5) is 32.4. The van der Waals surface area contributed by atoms with E-state index in [4.69, 9.17) is 0 Å². The molecule has 1 aliphatic carbocycles. The lowest BCUT2D eigenvalue weighted by Gasteiger charge is -2.49. The number of amidine groups is 1. The van der Waals surface area contributed by atoms with E-state index in [9.17, 15) is 18.4 Å². The van der Waals surface area contributed by atoms with Crippen LogP contribution < -0.4 is 10.6 Å². The predicted octanol–water partition coefficient (Wildman–Crippen LogP) is 4.68. The van der Waals surface area contributed by atoms with Crippen molar-refractivity contribution in [2.24, 2.45) is 4.99 Å². The summed E-state index contributed by atoms with van der Waals surface area (Å²) in [5.74, 6) is -0.760. The number of urea groups is 1. The van der Waals surface area contributed by atoms with Crippen LogP contribution in [0.3, 0.4) is 0 Å². The molecular weight excluding hydrogens is 430 g/mol. The zero-order chi connectivity index (χ0) is 23.5. The molecule has 0 saturated heterocycles. The van der Waals surface area contributed by atoms with Crippen molar-refractivity contribution in [3.63, 3.8) is 0 Å². The number of rotatable bonds is 3. The van der Waals surface area contributed by atoms with Crippen molar-refractivity contribution in [3.8, 4) is 0 Å². The number of benzene rings is 1. The monoisotopic (exact) mass is 460 g/mol. The first-order valence-electron chi connectivity index (χ1n) is 11.0. The van der Waals surface area contributed by atoms with Crippen molar-refractivity contribution in [2.75, 3.05) is 18.4 Å². The minimum Gasteiger partial charge on any atom is -0.311 e. The standard InChI is InChI=1S/C23H30F2N4O2Si/c1-22(2)16-12-26-19(28-20(30)23(9-6-10-23)32(3,4)5)15(16)13-29(22)21(31)27-18-11-14(24)7-8-17(18)25/h7-8,11H,6,9-10,12-13H2,1-5H3,(H,27,31)(H,26,28,30). The van der Waals surface area contributed by atoms with E-state index in [0.717, 1.165) is 48.6 Å². The summed E-state index contributed by atoms with van der Waals surface area (Å²) in [6.07, 6.45) is 2.88. The Balaban J connectivity index is 1.51. The van der Waals surface area contributed by atoms with Crippen LogP contribution in [0.5, 0.6) is 0 Å². The molecule has 32 heavy (non-hydrogen) atoms. The van der Waals surface area contributed by atoms with Crippen LogP contribution in [0.25, 0.3) is 0 Å². The SMILES string of the molecule is CC1(C)C2=C(CN1C(=O)Nc1cc(F)ccc1F)C(NC(=O)C1([Si](C)(C)C)CCC1)=NC2. The van der Waals surface area contributed by atoms with Gasteiger partial charge >= 0.3 is 6.03 Å². The molecular formula is C23H30F2N4O2Si. The molecule has 1 saturated carbocycles. The van der Waals surface area contributed by atoms with E-state index in [0.29, 0.717) is 12.4 Å². The first kappa shape index (κ1) is 22.6. The highest BCUT2D eigenvalue weighted by atomic mass is 28.3. The Kier molecular flexibility index (Phi) is 5.31. The molecule has 2 heterocycles. The van der Waals surface area contributed by atoms with Gasteiger partial charge in [0.15, 0.2) is 0 Å². The number of amides is 3. The molecule has 1 aromatic carbocycles. The van der Waals surface area contributed by atoms with Crippen molar-refractivity contribution >= 4 is 31.5 Å². The van der Waals surface area contributed by atoms with Crippen molar-refractivity contribution < 1.29 is 18.4 Å². The number of hydrogen-bond donors (Lipinski definition) is 2. The van der Waals surface area contributed by atoms with E-state index in [-0.39, 0.29) is 23.2 Å². The van der Waals surface area contributed by atoms with Crippen molar-refractivity contribution in [1.29, 1.82) is 0 Å². The molecule has 3 amide bonds. The number of hydrogen-bond acceptors (Lipinski definition) is 3. The number of halogens is 2. The molecule has 1 aromatic rings. The second kappa shape index (κ2) is 7.50. The van der Waals surface area contributed by atoms with Gasteiger partial charge in [-0.1, -0.05) is 26.1 Å². The lowest BCUT2D eigenvalue weighted by atomic mass is 9.83. The van der Waals surface area contributed by atoms with E-state index >= 15 is 0 Å². The second-order valence-electron chi connectivity index (χ2n) is 10.5. The molecule has 0 radical (unpaired) electrons. The quantitative estimate of drug-likeness (QED) is 0.643. The van der Waals surface area contributed by atoms with Crippen LogP contribution in [0, 0.1) is 11.6 Å². The maximum absolute atomic E-state index is 14.0. The molecule has 4 rings (SSSR count). The van der Waals surface area contributed by atoms with Crippen LogP contribution in [-0.2, 0) is 4.79 Å². The van der Waals surface area contributed by atoms with Gasteiger partial charge in [0.05, 0.1) is 32.4 Å². The van der Waals surface area contributed by atoms with Gasteiger partial charge in [0.1, 0.15) is 17.5 Å². The van der Waals surface area contributed by atoms with Gasteiger partial charge in [-0.25, -0.2) is 13.6 Å². The molecule has 2 N–H and O–H groups in total. The normalized spacial score (nSPS) is 21.1. The minimum absolute atomic E-state index is 0.0398. The second-order valence-corrected chi connectivity index (χ2v) is 15.9. The molecule has 0 atom stereocenters. The summed E-state index contributed by atoms with van der Waals surface area (Å²) in [6, 6.07) is 2.41. The molecule has 2 aliphatic heterocycles. The smallest absolute Gasteiger partial charge is 0.311 e. The van der Waals surface area contributed by atoms with E-state index < -0.39 is 31.3 Å². The predicted molar refractivity (Wildman–Crippen MR) is 124 cm³/mol. The Morgan fingerprint density at radius 1 is 1.12 bits per heavy atom. The van der Waals surface area contributed by atoms with Crippen LogP contribution in [0.4, 0.5) is 19.3 Å².